The molecule has 0 aliphatic carbocycles. The summed E-state index contributed by atoms with van der Waals surface area (Å²) in [5, 5.41) is 9.09. The topological polar surface area (TPSA) is 94.0 Å². The summed E-state index contributed by atoms with van der Waals surface area (Å²) in [7, 11) is 1.32. The lowest BCUT2D eigenvalue weighted by Crippen LogP contribution is -2.14. The molecular weight excluding hydrogens is 365 g/mol. The summed E-state index contributed by atoms with van der Waals surface area (Å²) in [4.78, 5) is 19.0. The molecule has 2 aromatic heterocycles. The number of carbonyl (C=O) groups excluding carboxylic acids is 1. The second kappa shape index (κ2) is 6.39. The molecule has 0 saturated carbocycles. The molecule has 0 spiro atoms. The third-order valence-electron chi connectivity index (χ3n) is 3.49. The number of hydrogen-bond donors (Lipinski definition) is 2. The van der Waals surface area contributed by atoms with Gasteiger partial charge in [0.25, 0.3) is 0 Å². The maximum atomic E-state index is 12.9. The van der Waals surface area contributed by atoms with E-state index in [1.54, 1.807) is 0 Å². The first-order valence-electron chi connectivity index (χ1n) is 7.10. The minimum atomic E-state index is -4.58. The summed E-state index contributed by atoms with van der Waals surface area (Å²) in [6.45, 7) is 0.289. The molecule has 0 amide bonds. The number of esters is 1. The van der Waals surface area contributed by atoms with Gasteiger partial charge in [-0.3, -0.25) is 4.68 Å². The number of anilines is 3. The number of nitrogens with one attached hydrogen (secondary N) is 2. The number of carbonyl (C=O) groups is 1. The van der Waals surface area contributed by atoms with Crippen LogP contribution in [0.4, 0.5) is 30.6 Å². The SMILES string of the molecule is CNc1nc(Nc2cn(C3CCOC3=O)nc2Cl)ncc1C(F)(F)F. The number of hydrogen-bond acceptors (Lipinski definition) is 7. The molecule has 0 bridgehead atoms. The van der Waals surface area contributed by atoms with Crippen molar-refractivity contribution in [2.24, 2.45) is 0 Å². The van der Waals surface area contributed by atoms with Crippen molar-refractivity contribution in [2.75, 3.05) is 24.3 Å². The summed E-state index contributed by atoms with van der Waals surface area (Å²) >= 11 is 6.00. The van der Waals surface area contributed by atoms with Crippen molar-refractivity contribution in [3.05, 3.63) is 23.1 Å². The Hall–Kier alpha value is -2.56. The molecule has 8 nitrogen and oxygen atoms in total. The van der Waals surface area contributed by atoms with Crippen molar-refractivity contribution in [3.8, 4) is 0 Å². The van der Waals surface area contributed by atoms with Crippen LogP contribution in [-0.4, -0.2) is 39.4 Å². The Labute approximate surface area is 144 Å². The van der Waals surface area contributed by atoms with Crippen LogP contribution >= 0.6 is 11.6 Å². The predicted molar refractivity (Wildman–Crippen MR) is 81.7 cm³/mol. The second-order valence-electron chi connectivity index (χ2n) is 5.11. The minimum Gasteiger partial charge on any atom is -0.464 e. The van der Waals surface area contributed by atoms with Gasteiger partial charge in [0, 0.05) is 19.7 Å². The third-order valence-corrected chi connectivity index (χ3v) is 3.77. The van der Waals surface area contributed by atoms with E-state index in [-0.39, 0.29) is 29.2 Å². The van der Waals surface area contributed by atoms with E-state index >= 15 is 0 Å². The lowest BCUT2D eigenvalue weighted by molar-refractivity contribution is -0.141. The molecule has 12 heteroatoms. The minimum absolute atomic E-state index is 0.0224. The zero-order valence-electron chi connectivity index (χ0n) is 12.8. The lowest BCUT2D eigenvalue weighted by Gasteiger charge is -2.12. The maximum absolute atomic E-state index is 12.9. The van der Waals surface area contributed by atoms with Gasteiger partial charge in [-0.05, 0) is 0 Å². The standard InChI is InChI=1S/C13H12ClF3N6O2/c1-18-10-6(13(15,16)17)4-19-12(21-10)20-7-5-23(22-9(7)14)8-2-3-25-11(8)24/h4-5,8H,2-3H2,1H3,(H2,18,19,20,21). The molecule has 3 heterocycles. The average molecular weight is 377 g/mol. The molecule has 1 unspecified atom stereocenters. The first-order valence-corrected chi connectivity index (χ1v) is 7.47. The highest BCUT2D eigenvalue weighted by Gasteiger charge is 2.35. The van der Waals surface area contributed by atoms with Crippen LogP contribution in [0.2, 0.25) is 5.15 Å². The van der Waals surface area contributed by atoms with Gasteiger partial charge in [0.15, 0.2) is 11.2 Å². The molecule has 0 radical (unpaired) electrons. The van der Waals surface area contributed by atoms with Crippen LogP contribution in [0.5, 0.6) is 0 Å². The summed E-state index contributed by atoms with van der Waals surface area (Å²) in [5.74, 6) is -0.908. The molecule has 1 fully saturated rings. The van der Waals surface area contributed by atoms with E-state index in [9.17, 15) is 18.0 Å². The molecule has 1 atom stereocenters. The predicted octanol–water partition coefficient (Wildman–Crippen LogP) is 2.62. The smallest absolute Gasteiger partial charge is 0.421 e. The molecule has 1 aliphatic heterocycles. The molecule has 1 saturated heterocycles. The lowest BCUT2D eigenvalue weighted by atomic mass is 10.2. The normalized spacial score (nSPS) is 17.5. The van der Waals surface area contributed by atoms with Crippen LogP contribution in [0.15, 0.2) is 12.4 Å². The van der Waals surface area contributed by atoms with Crippen molar-refractivity contribution < 1.29 is 22.7 Å². The molecule has 3 rings (SSSR count). The van der Waals surface area contributed by atoms with E-state index in [1.165, 1.54) is 17.9 Å². The number of cyclic esters (lactones) is 1. The summed E-state index contributed by atoms with van der Waals surface area (Å²) < 4.78 is 44.8. The van der Waals surface area contributed by atoms with Crippen molar-refractivity contribution in [1.29, 1.82) is 0 Å². The maximum Gasteiger partial charge on any atom is 0.421 e. The average Bonchev–Trinajstić information content (AvgIpc) is 3.12. The first kappa shape index (κ1) is 17.3. The van der Waals surface area contributed by atoms with Gasteiger partial charge in [0.1, 0.15) is 11.4 Å². The van der Waals surface area contributed by atoms with Crippen LogP contribution in [0, 0.1) is 0 Å². The Morgan fingerprint density at radius 2 is 2.20 bits per heavy atom. The van der Waals surface area contributed by atoms with Gasteiger partial charge in [0.2, 0.25) is 5.95 Å². The largest absolute Gasteiger partial charge is 0.464 e. The van der Waals surface area contributed by atoms with E-state index in [1.807, 2.05) is 0 Å². The summed E-state index contributed by atoms with van der Waals surface area (Å²) in [5.41, 5.74) is -0.737. The van der Waals surface area contributed by atoms with Gasteiger partial charge in [-0.1, -0.05) is 11.6 Å². The summed E-state index contributed by atoms with van der Waals surface area (Å²) in [6.07, 6.45) is -2.02. The molecule has 25 heavy (non-hydrogen) atoms. The van der Waals surface area contributed by atoms with Gasteiger partial charge < -0.3 is 15.4 Å². The van der Waals surface area contributed by atoms with E-state index in [0.29, 0.717) is 12.6 Å². The number of rotatable bonds is 4. The van der Waals surface area contributed by atoms with Crippen molar-refractivity contribution in [2.45, 2.75) is 18.6 Å². The highest BCUT2D eigenvalue weighted by atomic mass is 35.5. The van der Waals surface area contributed by atoms with Crippen molar-refractivity contribution in [3.63, 3.8) is 0 Å². The van der Waals surface area contributed by atoms with E-state index in [4.69, 9.17) is 16.3 Å². The van der Waals surface area contributed by atoms with Crippen molar-refractivity contribution in [1.82, 2.24) is 19.7 Å². The van der Waals surface area contributed by atoms with Gasteiger partial charge in [-0.25, -0.2) is 9.78 Å². The van der Waals surface area contributed by atoms with Crippen LogP contribution in [0.1, 0.15) is 18.0 Å². The number of alkyl halides is 3. The van der Waals surface area contributed by atoms with Crippen molar-refractivity contribution >= 4 is 35.0 Å². The zero-order chi connectivity index (χ0) is 18.2. The Morgan fingerprint density at radius 3 is 2.80 bits per heavy atom. The number of aromatic nitrogens is 4. The number of ether oxygens (including phenoxy) is 1. The molecule has 134 valence electrons. The van der Waals surface area contributed by atoms with Gasteiger partial charge in [0.05, 0.1) is 18.5 Å². The monoisotopic (exact) mass is 376 g/mol. The molecule has 1 aliphatic rings. The quantitative estimate of drug-likeness (QED) is 0.792. The van der Waals surface area contributed by atoms with Gasteiger partial charge in [-0.2, -0.15) is 23.3 Å². The molecule has 2 N–H and O–H groups in total. The zero-order valence-corrected chi connectivity index (χ0v) is 13.5. The Balaban J connectivity index is 1.85. The Kier molecular flexibility index (Phi) is 4.41. The fraction of sp³-hybridized carbons (Fsp3) is 0.385. The third kappa shape index (κ3) is 3.45. The van der Waals surface area contributed by atoms with E-state index in [2.05, 4.69) is 25.7 Å². The fourth-order valence-corrected chi connectivity index (χ4v) is 2.48. The van der Waals surface area contributed by atoms with E-state index < -0.39 is 23.8 Å². The highest BCUT2D eigenvalue weighted by Crippen LogP contribution is 2.34. The van der Waals surface area contributed by atoms with E-state index in [0.717, 1.165) is 0 Å². The first-order chi connectivity index (χ1) is 11.8. The molecule has 0 aromatic carbocycles. The highest BCUT2D eigenvalue weighted by molar-refractivity contribution is 6.32. The molecular formula is C13H12ClF3N6O2. The fourth-order valence-electron chi connectivity index (χ4n) is 2.30. The Morgan fingerprint density at radius 1 is 1.44 bits per heavy atom. The van der Waals surface area contributed by atoms with Crippen LogP contribution in [0.25, 0.3) is 0 Å². The second-order valence-corrected chi connectivity index (χ2v) is 5.47. The van der Waals surface area contributed by atoms with Crippen LogP contribution < -0.4 is 10.6 Å². The van der Waals surface area contributed by atoms with Crippen LogP contribution in [-0.2, 0) is 15.7 Å². The van der Waals surface area contributed by atoms with Gasteiger partial charge in [-0.15, -0.1) is 0 Å². The number of nitrogens with zero attached hydrogens (tertiary/aromatic N) is 4. The summed E-state index contributed by atoms with van der Waals surface area (Å²) in [6, 6.07) is -0.588. The Bertz CT molecular complexity index is 810. The van der Waals surface area contributed by atoms with Gasteiger partial charge >= 0.3 is 12.1 Å². The number of halogens is 4. The van der Waals surface area contributed by atoms with Crippen LogP contribution in [0.3, 0.4) is 0 Å². The molecule has 2 aromatic rings.